The number of fused-ring (bicyclic) bond motifs is 1. The fraction of sp³-hybridized carbons (Fsp3) is 0.412. The Morgan fingerprint density at radius 3 is 2.84 bits per heavy atom. The van der Waals surface area contributed by atoms with Crippen molar-refractivity contribution in [3.63, 3.8) is 0 Å². The fourth-order valence-electron chi connectivity index (χ4n) is 3.37. The number of nitrogens with zero attached hydrogens (tertiary/aromatic N) is 3. The van der Waals surface area contributed by atoms with Gasteiger partial charge in [-0.15, -0.1) is 0 Å². The van der Waals surface area contributed by atoms with Gasteiger partial charge in [-0.1, -0.05) is 24.3 Å². The van der Waals surface area contributed by atoms with Crippen molar-refractivity contribution in [2.45, 2.75) is 45.4 Å². The molecule has 3 rings (SSSR count). The standard InChI is InChI=1S/C17H20N4O4/c1-10-17(21(24)25)11(2)20(19-10)8-7-15(23)18-16-13-6-4-3-5-12(13)9-14(16)22/h3-6,14,16,22H,7-9H2,1-2H3,(H,18,23)/t14-,16+/m1/s1. The van der Waals surface area contributed by atoms with Crippen molar-refractivity contribution in [3.8, 4) is 0 Å². The SMILES string of the molecule is Cc1nn(CCC(=O)N[C@H]2c3ccccc3C[C@H]2O)c(C)c1[N+](=O)[O-]. The lowest BCUT2D eigenvalue weighted by Gasteiger charge is -2.18. The molecule has 0 saturated heterocycles. The first-order valence-corrected chi connectivity index (χ1v) is 8.12. The van der Waals surface area contributed by atoms with Gasteiger partial charge in [0.25, 0.3) is 0 Å². The second-order valence-corrected chi connectivity index (χ2v) is 6.27. The van der Waals surface area contributed by atoms with Gasteiger partial charge in [0.15, 0.2) is 0 Å². The number of rotatable bonds is 5. The third kappa shape index (κ3) is 3.25. The van der Waals surface area contributed by atoms with Crippen molar-refractivity contribution in [1.82, 2.24) is 15.1 Å². The van der Waals surface area contributed by atoms with Crippen LogP contribution in [0, 0.1) is 24.0 Å². The molecule has 1 aliphatic rings. The second-order valence-electron chi connectivity index (χ2n) is 6.27. The topological polar surface area (TPSA) is 110 Å². The maximum atomic E-state index is 12.3. The number of aliphatic hydroxyl groups excluding tert-OH is 1. The lowest BCUT2D eigenvalue weighted by atomic mass is 10.1. The molecule has 1 aromatic carbocycles. The van der Waals surface area contributed by atoms with E-state index in [0.717, 1.165) is 11.1 Å². The van der Waals surface area contributed by atoms with Crippen molar-refractivity contribution in [1.29, 1.82) is 0 Å². The maximum absolute atomic E-state index is 12.3. The molecule has 0 unspecified atom stereocenters. The summed E-state index contributed by atoms with van der Waals surface area (Å²) in [5, 5.41) is 28.2. The van der Waals surface area contributed by atoms with Crippen molar-refractivity contribution in [2.75, 3.05) is 0 Å². The van der Waals surface area contributed by atoms with Crippen LogP contribution in [0.4, 0.5) is 5.69 Å². The molecule has 8 heteroatoms. The minimum absolute atomic E-state index is 0.0134. The number of carbonyl (C=O) groups excluding carboxylic acids is 1. The summed E-state index contributed by atoms with van der Waals surface area (Å²) in [5.41, 5.74) is 2.73. The molecule has 1 heterocycles. The largest absolute Gasteiger partial charge is 0.390 e. The van der Waals surface area contributed by atoms with E-state index >= 15 is 0 Å². The summed E-state index contributed by atoms with van der Waals surface area (Å²) in [6.45, 7) is 3.44. The predicted octanol–water partition coefficient (Wildman–Crippen LogP) is 1.57. The van der Waals surface area contributed by atoms with E-state index in [9.17, 15) is 20.0 Å². The van der Waals surface area contributed by atoms with Crippen molar-refractivity contribution in [2.24, 2.45) is 0 Å². The first kappa shape index (κ1) is 17.1. The Bertz CT molecular complexity index is 830. The Morgan fingerprint density at radius 1 is 1.44 bits per heavy atom. The van der Waals surface area contributed by atoms with Crippen LogP contribution in [0.2, 0.25) is 0 Å². The summed E-state index contributed by atoms with van der Waals surface area (Å²) in [5.74, 6) is -0.226. The van der Waals surface area contributed by atoms with E-state index < -0.39 is 17.1 Å². The summed E-state index contributed by atoms with van der Waals surface area (Å²) in [7, 11) is 0. The van der Waals surface area contributed by atoms with Crippen LogP contribution in [0.1, 0.15) is 35.0 Å². The first-order valence-electron chi connectivity index (χ1n) is 8.12. The van der Waals surface area contributed by atoms with Crippen LogP contribution < -0.4 is 5.32 Å². The van der Waals surface area contributed by atoms with E-state index in [1.54, 1.807) is 13.8 Å². The molecule has 2 aromatic rings. The number of amides is 1. The number of carbonyl (C=O) groups is 1. The summed E-state index contributed by atoms with van der Waals surface area (Å²) < 4.78 is 1.48. The summed E-state index contributed by atoms with van der Waals surface area (Å²) in [6, 6.07) is 7.22. The predicted molar refractivity (Wildman–Crippen MR) is 90.0 cm³/mol. The zero-order chi connectivity index (χ0) is 18.1. The number of aromatic nitrogens is 2. The summed E-state index contributed by atoms with van der Waals surface area (Å²) in [6.07, 6.45) is 0.00561. The van der Waals surface area contributed by atoms with Crippen molar-refractivity contribution in [3.05, 3.63) is 56.9 Å². The van der Waals surface area contributed by atoms with Gasteiger partial charge in [0.1, 0.15) is 11.4 Å². The Balaban J connectivity index is 1.65. The van der Waals surface area contributed by atoms with Gasteiger partial charge in [-0.05, 0) is 25.0 Å². The van der Waals surface area contributed by atoms with Crippen LogP contribution in [0.25, 0.3) is 0 Å². The van der Waals surface area contributed by atoms with Gasteiger partial charge >= 0.3 is 5.69 Å². The Hall–Kier alpha value is -2.74. The molecule has 0 bridgehead atoms. The number of aliphatic hydroxyl groups is 1. The third-order valence-corrected chi connectivity index (χ3v) is 4.60. The van der Waals surface area contributed by atoms with E-state index in [1.165, 1.54) is 4.68 Å². The van der Waals surface area contributed by atoms with Gasteiger partial charge in [0.2, 0.25) is 5.91 Å². The number of benzene rings is 1. The summed E-state index contributed by atoms with van der Waals surface area (Å²) >= 11 is 0. The highest BCUT2D eigenvalue weighted by Gasteiger charge is 2.31. The average molecular weight is 344 g/mol. The third-order valence-electron chi connectivity index (χ3n) is 4.60. The highest BCUT2D eigenvalue weighted by Crippen LogP contribution is 2.31. The number of nitrogens with one attached hydrogen (secondary N) is 1. The molecule has 0 radical (unpaired) electrons. The van der Waals surface area contributed by atoms with Crippen molar-refractivity contribution < 1.29 is 14.8 Å². The zero-order valence-electron chi connectivity index (χ0n) is 14.1. The van der Waals surface area contributed by atoms with Crippen LogP contribution in [0.5, 0.6) is 0 Å². The molecule has 1 aromatic heterocycles. The van der Waals surface area contributed by atoms with Crippen LogP contribution in [-0.2, 0) is 17.8 Å². The minimum Gasteiger partial charge on any atom is -0.390 e. The Kier molecular flexibility index (Phi) is 4.54. The number of hydrogen-bond acceptors (Lipinski definition) is 5. The molecule has 0 saturated carbocycles. The summed E-state index contributed by atoms with van der Waals surface area (Å²) in [4.78, 5) is 22.8. The number of aryl methyl sites for hydroxylation is 2. The van der Waals surface area contributed by atoms with Crippen LogP contribution in [0.3, 0.4) is 0 Å². The van der Waals surface area contributed by atoms with Gasteiger partial charge in [-0.25, -0.2) is 0 Å². The molecule has 1 aliphatic carbocycles. The fourth-order valence-corrected chi connectivity index (χ4v) is 3.37. The molecule has 132 valence electrons. The lowest BCUT2D eigenvalue weighted by Crippen LogP contribution is -2.34. The molecule has 8 nitrogen and oxygen atoms in total. The maximum Gasteiger partial charge on any atom is 0.312 e. The quantitative estimate of drug-likeness (QED) is 0.632. The molecule has 0 fully saturated rings. The van der Waals surface area contributed by atoms with Gasteiger partial charge in [-0.3, -0.25) is 19.6 Å². The molecule has 0 spiro atoms. The molecule has 2 N–H and O–H groups in total. The van der Waals surface area contributed by atoms with Crippen molar-refractivity contribution >= 4 is 11.6 Å². The molecular weight excluding hydrogens is 324 g/mol. The lowest BCUT2D eigenvalue weighted by molar-refractivity contribution is -0.386. The first-order chi connectivity index (χ1) is 11.9. The van der Waals surface area contributed by atoms with Crippen LogP contribution in [-0.4, -0.2) is 31.8 Å². The van der Waals surface area contributed by atoms with E-state index in [-0.39, 0.29) is 24.6 Å². The van der Waals surface area contributed by atoms with Crippen LogP contribution in [0.15, 0.2) is 24.3 Å². The van der Waals surface area contributed by atoms with E-state index in [2.05, 4.69) is 10.4 Å². The molecule has 1 amide bonds. The highest BCUT2D eigenvalue weighted by molar-refractivity contribution is 5.76. The molecule has 25 heavy (non-hydrogen) atoms. The van der Waals surface area contributed by atoms with Gasteiger partial charge in [0, 0.05) is 12.8 Å². The van der Waals surface area contributed by atoms with Gasteiger partial charge in [0.05, 0.1) is 23.6 Å². The van der Waals surface area contributed by atoms with Crippen LogP contribution >= 0.6 is 0 Å². The van der Waals surface area contributed by atoms with Gasteiger partial charge in [-0.2, -0.15) is 5.10 Å². The Morgan fingerprint density at radius 2 is 2.16 bits per heavy atom. The number of nitro groups is 1. The second kappa shape index (κ2) is 6.64. The minimum atomic E-state index is -0.642. The van der Waals surface area contributed by atoms with E-state index in [4.69, 9.17) is 0 Å². The average Bonchev–Trinajstić information content (AvgIpc) is 3.02. The zero-order valence-corrected chi connectivity index (χ0v) is 14.1. The molecule has 2 atom stereocenters. The normalized spacial score (nSPS) is 18.8. The Labute approximate surface area is 144 Å². The molecule has 0 aliphatic heterocycles. The highest BCUT2D eigenvalue weighted by atomic mass is 16.6. The monoisotopic (exact) mass is 344 g/mol. The smallest absolute Gasteiger partial charge is 0.312 e. The molecular formula is C17H20N4O4. The number of hydrogen-bond donors (Lipinski definition) is 2. The van der Waals surface area contributed by atoms with E-state index in [1.807, 2.05) is 24.3 Å². The van der Waals surface area contributed by atoms with E-state index in [0.29, 0.717) is 17.8 Å². The van der Waals surface area contributed by atoms with Gasteiger partial charge < -0.3 is 10.4 Å².